The van der Waals surface area contributed by atoms with Crippen LogP contribution >= 0.6 is 0 Å². The zero-order valence-electron chi connectivity index (χ0n) is 21.2. The number of carbonyl (C=O) groups excluding carboxylic acids is 1. The van der Waals surface area contributed by atoms with Crippen molar-refractivity contribution >= 4 is 23.4 Å². The van der Waals surface area contributed by atoms with Crippen LogP contribution in [0.4, 0.5) is 21.8 Å². The van der Waals surface area contributed by atoms with Gasteiger partial charge in [0.1, 0.15) is 5.82 Å². The third-order valence-corrected chi connectivity index (χ3v) is 6.18. The van der Waals surface area contributed by atoms with Crippen molar-refractivity contribution in [2.24, 2.45) is 7.05 Å². The number of aromatic nitrogens is 6. The molecule has 0 spiro atoms. The molecule has 1 amide bonds. The molecule has 4 aromatic rings. The Morgan fingerprint density at radius 2 is 2.05 bits per heavy atom. The Labute approximate surface area is 218 Å². The quantitative estimate of drug-likeness (QED) is 0.352. The number of hydrogen-bond donors (Lipinski definition) is 1. The summed E-state index contributed by atoms with van der Waals surface area (Å²) in [6.45, 7) is 6.39. The highest BCUT2D eigenvalue weighted by Gasteiger charge is 2.34. The van der Waals surface area contributed by atoms with Crippen LogP contribution in [-0.4, -0.2) is 66.7 Å². The second kappa shape index (κ2) is 10.2. The summed E-state index contributed by atoms with van der Waals surface area (Å²) in [5.74, 6) is 0.246. The molecule has 1 fully saturated rings. The van der Waals surface area contributed by atoms with E-state index in [1.165, 1.54) is 18.2 Å². The van der Waals surface area contributed by atoms with Gasteiger partial charge in [0.05, 0.1) is 17.9 Å². The van der Waals surface area contributed by atoms with Gasteiger partial charge in [-0.25, -0.2) is 19.3 Å². The highest BCUT2D eigenvalue weighted by atomic mass is 19.1. The third kappa shape index (κ3) is 5.14. The van der Waals surface area contributed by atoms with Gasteiger partial charge in [0.15, 0.2) is 11.6 Å². The largest absolute Gasteiger partial charge is 0.421 e. The van der Waals surface area contributed by atoms with Gasteiger partial charge in [-0.1, -0.05) is 12.6 Å². The number of halogens is 1. The Morgan fingerprint density at radius 1 is 1.24 bits per heavy atom. The molecule has 1 aliphatic rings. The second-order valence-electron chi connectivity index (χ2n) is 8.90. The number of rotatable bonds is 8. The first-order valence-corrected chi connectivity index (χ1v) is 11.8. The van der Waals surface area contributed by atoms with E-state index >= 15 is 4.39 Å². The first kappa shape index (κ1) is 24.8. The van der Waals surface area contributed by atoms with Gasteiger partial charge in [0, 0.05) is 57.0 Å². The molecule has 3 aromatic heterocycles. The zero-order valence-corrected chi connectivity index (χ0v) is 21.2. The van der Waals surface area contributed by atoms with Gasteiger partial charge in [-0.2, -0.15) is 10.1 Å². The fourth-order valence-electron chi connectivity index (χ4n) is 4.03. The van der Waals surface area contributed by atoms with E-state index in [2.05, 4.69) is 31.9 Å². The molecule has 0 saturated carbocycles. The number of amides is 1. The summed E-state index contributed by atoms with van der Waals surface area (Å²) in [7, 11) is 3.71. The average Bonchev–Trinajstić information content (AvgIpc) is 3.28. The van der Waals surface area contributed by atoms with Crippen molar-refractivity contribution in [2.75, 3.05) is 30.4 Å². The fraction of sp³-hybridized carbons (Fsp3) is 0.231. The van der Waals surface area contributed by atoms with Crippen molar-refractivity contribution in [1.29, 1.82) is 0 Å². The predicted octanol–water partition coefficient (Wildman–Crippen LogP) is 3.48. The monoisotopic (exact) mass is 515 g/mol. The lowest BCUT2D eigenvalue weighted by Gasteiger charge is -2.44. The van der Waals surface area contributed by atoms with Gasteiger partial charge < -0.3 is 19.9 Å². The highest BCUT2D eigenvalue weighted by molar-refractivity contribution is 5.88. The lowest BCUT2D eigenvalue weighted by atomic mass is 10.0. The minimum atomic E-state index is -0.579. The van der Waals surface area contributed by atoms with E-state index in [4.69, 9.17) is 9.72 Å². The highest BCUT2D eigenvalue weighted by Crippen LogP contribution is 2.34. The maximum Gasteiger partial charge on any atom is 0.322 e. The van der Waals surface area contributed by atoms with E-state index < -0.39 is 5.82 Å². The average molecular weight is 516 g/mol. The summed E-state index contributed by atoms with van der Waals surface area (Å²) in [4.78, 5) is 33.0. The van der Waals surface area contributed by atoms with Gasteiger partial charge in [-0.05, 0) is 36.8 Å². The van der Waals surface area contributed by atoms with Crippen molar-refractivity contribution in [3.05, 3.63) is 73.2 Å². The van der Waals surface area contributed by atoms with Crippen LogP contribution in [0.1, 0.15) is 5.69 Å². The van der Waals surface area contributed by atoms with Gasteiger partial charge in [0.25, 0.3) is 0 Å². The maximum absolute atomic E-state index is 15.1. The molecule has 0 bridgehead atoms. The number of aryl methyl sites for hydroxylation is 2. The predicted molar refractivity (Wildman–Crippen MR) is 140 cm³/mol. The second-order valence-corrected chi connectivity index (χ2v) is 8.90. The molecular weight excluding hydrogens is 489 g/mol. The molecule has 12 heteroatoms. The number of nitrogens with one attached hydrogen (secondary N) is 1. The summed E-state index contributed by atoms with van der Waals surface area (Å²) in [6, 6.07) is 6.43. The maximum atomic E-state index is 15.1. The third-order valence-electron chi connectivity index (χ3n) is 6.18. The number of carbonyl (C=O) groups is 1. The first-order chi connectivity index (χ1) is 18.3. The Morgan fingerprint density at radius 3 is 2.74 bits per heavy atom. The van der Waals surface area contributed by atoms with Gasteiger partial charge >= 0.3 is 6.01 Å². The molecule has 0 aliphatic carbocycles. The molecule has 1 aromatic carbocycles. The smallest absolute Gasteiger partial charge is 0.322 e. The lowest BCUT2D eigenvalue weighted by molar-refractivity contribution is -0.130. The Balaban J connectivity index is 1.45. The lowest BCUT2D eigenvalue weighted by Crippen LogP contribution is -2.60. The molecule has 0 unspecified atom stereocenters. The molecule has 38 heavy (non-hydrogen) atoms. The van der Waals surface area contributed by atoms with Crippen LogP contribution in [0.5, 0.6) is 11.8 Å². The van der Waals surface area contributed by atoms with Crippen LogP contribution in [0.25, 0.3) is 11.1 Å². The summed E-state index contributed by atoms with van der Waals surface area (Å²) in [6.07, 6.45) is 7.96. The number of benzene rings is 1. The number of likely N-dealkylation sites (tertiary alicyclic amines) is 1. The van der Waals surface area contributed by atoms with Crippen LogP contribution in [0.15, 0.2) is 61.7 Å². The van der Waals surface area contributed by atoms with E-state index in [0.29, 0.717) is 41.7 Å². The fourth-order valence-corrected chi connectivity index (χ4v) is 4.03. The first-order valence-electron chi connectivity index (χ1n) is 11.8. The zero-order chi connectivity index (χ0) is 26.8. The van der Waals surface area contributed by atoms with Gasteiger partial charge in [0.2, 0.25) is 11.9 Å². The molecule has 194 valence electrons. The van der Waals surface area contributed by atoms with Crippen molar-refractivity contribution in [1.82, 2.24) is 34.6 Å². The summed E-state index contributed by atoms with van der Waals surface area (Å²) >= 11 is 0. The molecule has 0 radical (unpaired) electrons. The van der Waals surface area contributed by atoms with Crippen molar-refractivity contribution in [2.45, 2.75) is 13.0 Å². The van der Waals surface area contributed by atoms with Crippen LogP contribution < -0.4 is 15.0 Å². The number of likely N-dealkylation sites (N-methyl/N-ethyl adjacent to an activating group) is 1. The van der Waals surface area contributed by atoms with E-state index in [1.54, 1.807) is 53.4 Å². The van der Waals surface area contributed by atoms with Crippen LogP contribution in [0.3, 0.4) is 0 Å². The standard InChI is InChI=1S/C26H26FN9O2/c1-5-23(37)36-14-19(15-36)35(4)24-20(12-29-25(33-24)32-18-11-30-34(3)13-18)17-6-7-22(21(27)10-17)38-26-28-9-8-16(2)31-26/h5-13,19H,1,14-15H2,2-4H3,(H,29,32,33). The SMILES string of the molecule is C=CC(=O)N1CC(N(C)c2nc(Nc3cnn(C)c3)ncc2-c2ccc(Oc3nccc(C)n3)c(F)c2)C1. The summed E-state index contributed by atoms with van der Waals surface area (Å²) < 4.78 is 22.3. The van der Waals surface area contributed by atoms with E-state index in [0.717, 1.165) is 5.69 Å². The normalized spacial score (nSPS) is 13.1. The van der Waals surface area contributed by atoms with Crippen LogP contribution in [0, 0.1) is 12.7 Å². The molecule has 4 heterocycles. The van der Waals surface area contributed by atoms with E-state index in [-0.39, 0.29) is 23.7 Å². The molecule has 1 N–H and O–H groups in total. The summed E-state index contributed by atoms with van der Waals surface area (Å²) in [5.41, 5.74) is 2.62. The Bertz CT molecular complexity index is 1500. The van der Waals surface area contributed by atoms with Crippen molar-refractivity contribution < 1.29 is 13.9 Å². The topological polar surface area (TPSA) is 114 Å². The van der Waals surface area contributed by atoms with Gasteiger partial charge in [-0.15, -0.1) is 0 Å². The van der Waals surface area contributed by atoms with Crippen LogP contribution in [0.2, 0.25) is 0 Å². The molecule has 0 atom stereocenters. The van der Waals surface area contributed by atoms with Crippen molar-refractivity contribution in [3.63, 3.8) is 0 Å². The Hall–Kier alpha value is -4.87. The van der Waals surface area contributed by atoms with Crippen LogP contribution in [-0.2, 0) is 11.8 Å². The molecule has 11 nitrogen and oxygen atoms in total. The number of anilines is 3. The number of ether oxygens (including phenoxy) is 1. The molecular formula is C26H26FN9O2. The van der Waals surface area contributed by atoms with E-state index in [9.17, 15) is 4.79 Å². The minimum absolute atomic E-state index is 0.00242. The molecule has 1 saturated heterocycles. The molecule has 5 rings (SSSR count). The minimum Gasteiger partial charge on any atom is -0.421 e. The number of hydrogen-bond acceptors (Lipinski definition) is 9. The summed E-state index contributed by atoms with van der Waals surface area (Å²) in [5, 5.41) is 7.30. The van der Waals surface area contributed by atoms with Gasteiger partial charge in [-0.3, -0.25) is 9.48 Å². The number of nitrogens with zero attached hydrogens (tertiary/aromatic N) is 8. The van der Waals surface area contributed by atoms with Crippen molar-refractivity contribution in [3.8, 4) is 22.9 Å². The van der Waals surface area contributed by atoms with E-state index in [1.807, 2.05) is 19.0 Å². The Kier molecular flexibility index (Phi) is 6.69. The molecule has 1 aliphatic heterocycles.